The van der Waals surface area contributed by atoms with Crippen molar-refractivity contribution in [3.8, 4) is 10.8 Å². The lowest BCUT2D eigenvalue weighted by molar-refractivity contribution is 0.199. The minimum Gasteiger partial charge on any atom is -0.459 e. The summed E-state index contributed by atoms with van der Waals surface area (Å²) >= 11 is 1.60. The summed E-state index contributed by atoms with van der Waals surface area (Å²) in [6, 6.07) is 3.88. The van der Waals surface area contributed by atoms with E-state index in [4.69, 9.17) is 9.15 Å². The van der Waals surface area contributed by atoms with Crippen LogP contribution in [0.1, 0.15) is 17.2 Å². The summed E-state index contributed by atoms with van der Waals surface area (Å²) in [6.07, 6.45) is 1.99. The van der Waals surface area contributed by atoms with E-state index in [2.05, 4.69) is 15.5 Å². The Morgan fingerprint density at radius 3 is 2.95 bits per heavy atom. The first kappa shape index (κ1) is 14.2. The molecule has 2 aromatic rings. The van der Waals surface area contributed by atoms with Crippen LogP contribution in [0.3, 0.4) is 0 Å². The van der Waals surface area contributed by atoms with Gasteiger partial charge < -0.3 is 14.5 Å². The normalized spacial score (nSPS) is 11.1. The van der Waals surface area contributed by atoms with E-state index in [1.807, 2.05) is 19.1 Å². The van der Waals surface area contributed by atoms with E-state index in [1.54, 1.807) is 18.4 Å². The van der Waals surface area contributed by atoms with Crippen LogP contribution in [-0.4, -0.2) is 37.0 Å². The third-order valence-electron chi connectivity index (χ3n) is 2.65. The number of furan rings is 1. The van der Waals surface area contributed by atoms with Gasteiger partial charge in [-0.2, -0.15) is 0 Å². The molecular weight excluding hydrogens is 262 g/mol. The molecule has 0 aliphatic carbocycles. The van der Waals surface area contributed by atoms with Crippen LogP contribution in [0, 0.1) is 6.92 Å². The standard InChI is InChI=1S/C13H19N3O2S/c1-10-5-6-11(18-10)13-16-15-12(19-13)4-3-7-14-8-9-17-2/h5-6,14H,3-4,7-9H2,1-2H3. The zero-order valence-corrected chi connectivity index (χ0v) is 12.1. The topological polar surface area (TPSA) is 60.2 Å². The average Bonchev–Trinajstić information content (AvgIpc) is 3.02. The summed E-state index contributed by atoms with van der Waals surface area (Å²) in [7, 11) is 1.71. The fourth-order valence-corrected chi connectivity index (χ4v) is 2.51. The summed E-state index contributed by atoms with van der Waals surface area (Å²) in [6.45, 7) is 4.54. The van der Waals surface area contributed by atoms with Gasteiger partial charge in [0.05, 0.1) is 6.61 Å². The summed E-state index contributed by atoms with van der Waals surface area (Å²) in [4.78, 5) is 0. The van der Waals surface area contributed by atoms with Gasteiger partial charge in [0.1, 0.15) is 10.8 Å². The van der Waals surface area contributed by atoms with Gasteiger partial charge >= 0.3 is 0 Å². The van der Waals surface area contributed by atoms with E-state index in [0.717, 1.165) is 54.1 Å². The van der Waals surface area contributed by atoms with E-state index >= 15 is 0 Å². The van der Waals surface area contributed by atoms with Crippen molar-refractivity contribution in [3.63, 3.8) is 0 Å². The summed E-state index contributed by atoms with van der Waals surface area (Å²) in [5, 5.41) is 13.6. The second-order valence-corrected chi connectivity index (χ2v) is 5.32. The average molecular weight is 281 g/mol. The molecule has 104 valence electrons. The third kappa shape index (κ3) is 4.41. The summed E-state index contributed by atoms with van der Waals surface area (Å²) in [5.74, 6) is 1.70. The Morgan fingerprint density at radius 2 is 2.21 bits per heavy atom. The molecule has 2 rings (SSSR count). The maximum atomic E-state index is 5.53. The first-order valence-corrected chi connectivity index (χ1v) is 7.20. The number of rotatable bonds is 8. The highest BCUT2D eigenvalue weighted by Gasteiger charge is 2.09. The molecule has 2 aromatic heterocycles. The zero-order valence-electron chi connectivity index (χ0n) is 11.3. The predicted molar refractivity (Wildman–Crippen MR) is 75.4 cm³/mol. The van der Waals surface area contributed by atoms with E-state index in [9.17, 15) is 0 Å². The van der Waals surface area contributed by atoms with Crippen LogP contribution in [0.2, 0.25) is 0 Å². The minimum absolute atomic E-state index is 0.751. The molecule has 19 heavy (non-hydrogen) atoms. The fourth-order valence-electron chi connectivity index (χ4n) is 1.67. The summed E-state index contributed by atoms with van der Waals surface area (Å²) in [5.41, 5.74) is 0. The highest BCUT2D eigenvalue weighted by Crippen LogP contribution is 2.25. The molecule has 6 heteroatoms. The van der Waals surface area contributed by atoms with Crippen LogP contribution in [0.5, 0.6) is 0 Å². The molecule has 0 saturated carbocycles. The SMILES string of the molecule is COCCNCCCc1nnc(-c2ccc(C)o2)s1. The molecule has 0 atom stereocenters. The first-order chi connectivity index (χ1) is 9.29. The molecule has 0 aliphatic heterocycles. The maximum absolute atomic E-state index is 5.53. The van der Waals surface area contributed by atoms with Gasteiger partial charge in [-0.3, -0.25) is 0 Å². The number of nitrogens with zero attached hydrogens (tertiary/aromatic N) is 2. The van der Waals surface area contributed by atoms with Crippen LogP contribution in [0.25, 0.3) is 10.8 Å². The molecule has 5 nitrogen and oxygen atoms in total. The Hall–Kier alpha value is -1.24. The van der Waals surface area contributed by atoms with Crippen LogP contribution in [0.15, 0.2) is 16.5 Å². The van der Waals surface area contributed by atoms with Gasteiger partial charge in [-0.15, -0.1) is 10.2 Å². The first-order valence-electron chi connectivity index (χ1n) is 6.38. The van der Waals surface area contributed by atoms with Crippen molar-refractivity contribution < 1.29 is 9.15 Å². The second-order valence-electron chi connectivity index (χ2n) is 4.26. The smallest absolute Gasteiger partial charge is 0.183 e. The number of ether oxygens (including phenoxy) is 1. The Balaban J connectivity index is 1.75. The molecule has 0 fully saturated rings. The molecule has 0 unspecified atom stereocenters. The predicted octanol–water partition coefficient (Wildman–Crippen LogP) is 2.28. The Labute approximate surface area is 117 Å². The minimum atomic E-state index is 0.751. The molecule has 0 aliphatic rings. The molecule has 0 saturated heterocycles. The van der Waals surface area contributed by atoms with Gasteiger partial charge in [-0.1, -0.05) is 11.3 Å². The number of aromatic nitrogens is 2. The van der Waals surface area contributed by atoms with E-state index < -0.39 is 0 Å². The molecule has 0 amide bonds. The highest BCUT2D eigenvalue weighted by atomic mass is 32.1. The van der Waals surface area contributed by atoms with Crippen molar-refractivity contribution in [2.24, 2.45) is 0 Å². The molecule has 1 N–H and O–H groups in total. The van der Waals surface area contributed by atoms with Gasteiger partial charge in [-0.05, 0) is 32.0 Å². The van der Waals surface area contributed by atoms with Gasteiger partial charge in [-0.25, -0.2) is 0 Å². The van der Waals surface area contributed by atoms with Crippen LogP contribution in [-0.2, 0) is 11.2 Å². The molecule has 0 spiro atoms. The van der Waals surface area contributed by atoms with E-state index in [0.29, 0.717) is 0 Å². The van der Waals surface area contributed by atoms with Gasteiger partial charge in [0.15, 0.2) is 10.8 Å². The van der Waals surface area contributed by atoms with Crippen molar-refractivity contribution in [1.82, 2.24) is 15.5 Å². The van der Waals surface area contributed by atoms with Crippen LogP contribution in [0.4, 0.5) is 0 Å². The lowest BCUT2D eigenvalue weighted by Gasteiger charge is -2.01. The van der Waals surface area contributed by atoms with Crippen molar-refractivity contribution in [2.45, 2.75) is 19.8 Å². The lowest BCUT2D eigenvalue weighted by atomic mass is 10.3. The second kappa shape index (κ2) is 7.37. The quantitative estimate of drug-likeness (QED) is 0.752. The number of hydrogen-bond acceptors (Lipinski definition) is 6. The summed E-state index contributed by atoms with van der Waals surface area (Å²) < 4.78 is 10.5. The maximum Gasteiger partial charge on any atom is 0.183 e. The van der Waals surface area contributed by atoms with E-state index in [1.165, 1.54) is 0 Å². The van der Waals surface area contributed by atoms with Crippen LogP contribution < -0.4 is 5.32 Å². The van der Waals surface area contributed by atoms with Gasteiger partial charge in [0, 0.05) is 20.1 Å². The Morgan fingerprint density at radius 1 is 1.32 bits per heavy atom. The highest BCUT2D eigenvalue weighted by molar-refractivity contribution is 7.14. The number of aryl methyl sites for hydroxylation is 2. The Kier molecular flexibility index (Phi) is 5.50. The number of nitrogens with one attached hydrogen (secondary N) is 1. The largest absolute Gasteiger partial charge is 0.459 e. The van der Waals surface area contributed by atoms with Gasteiger partial charge in [0.25, 0.3) is 0 Å². The molecular formula is C13H19N3O2S. The van der Waals surface area contributed by atoms with E-state index in [-0.39, 0.29) is 0 Å². The molecule has 0 radical (unpaired) electrons. The number of methoxy groups -OCH3 is 1. The number of hydrogen-bond donors (Lipinski definition) is 1. The molecule has 0 aromatic carbocycles. The van der Waals surface area contributed by atoms with Crippen molar-refractivity contribution in [2.75, 3.05) is 26.8 Å². The molecule has 2 heterocycles. The fraction of sp³-hybridized carbons (Fsp3) is 0.538. The zero-order chi connectivity index (χ0) is 13.5. The third-order valence-corrected chi connectivity index (χ3v) is 3.64. The lowest BCUT2D eigenvalue weighted by Crippen LogP contribution is -2.20. The van der Waals surface area contributed by atoms with Crippen molar-refractivity contribution in [1.29, 1.82) is 0 Å². The Bertz CT molecular complexity index is 496. The van der Waals surface area contributed by atoms with Crippen molar-refractivity contribution in [3.05, 3.63) is 22.9 Å². The monoisotopic (exact) mass is 281 g/mol. The van der Waals surface area contributed by atoms with Gasteiger partial charge in [0.2, 0.25) is 0 Å². The molecule has 0 bridgehead atoms. The van der Waals surface area contributed by atoms with Crippen molar-refractivity contribution >= 4 is 11.3 Å². The van der Waals surface area contributed by atoms with Crippen LogP contribution >= 0.6 is 11.3 Å².